The van der Waals surface area contributed by atoms with Gasteiger partial charge in [-0.15, -0.1) is 0 Å². The number of benzene rings is 2. The smallest absolute Gasteiger partial charge is 0.264 e. The average molecular weight is 433 g/mol. The van der Waals surface area contributed by atoms with Gasteiger partial charge in [0.15, 0.2) is 0 Å². The van der Waals surface area contributed by atoms with E-state index in [0.29, 0.717) is 5.52 Å². The summed E-state index contributed by atoms with van der Waals surface area (Å²) < 4.78 is 45.0. The van der Waals surface area contributed by atoms with E-state index < -0.39 is 27.2 Å². The molecule has 2 aromatic carbocycles. The van der Waals surface area contributed by atoms with Gasteiger partial charge in [-0.2, -0.15) is 0 Å². The minimum Gasteiger partial charge on any atom is -0.383 e. The van der Waals surface area contributed by atoms with E-state index in [0.717, 1.165) is 16.4 Å². The number of aromatic amines is 1. The highest BCUT2D eigenvalue weighted by molar-refractivity contribution is 7.92. The number of pyridine rings is 1. The molecular formula is C20H20FN3O5S. The molecule has 0 fully saturated rings. The molecule has 0 aliphatic heterocycles. The van der Waals surface area contributed by atoms with Gasteiger partial charge in [0.1, 0.15) is 11.4 Å². The van der Waals surface area contributed by atoms with E-state index in [9.17, 15) is 22.4 Å². The summed E-state index contributed by atoms with van der Waals surface area (Å²) in [6, 6.07) is 9.00. The van der Waals surface area contributed by atoms with Crippen LogP contribution in [0.15, 0.2) is 58.4 Å². The second-order valence-corrected chi connectivity index (χ2v) is 8.41. The van der Waals surface area contributed by atoms with Crippen LogP contribution in [0.5, 0.6) is 0 Å². The van der Waals surface area contributed by atoms with E-state index in [1.54, 1.807) is 0 Å². The van der Waals surface area contributed by atoms with Gasteiger partial charge in [0.2, 0.25) is 5.43 Å². The monoisotopic (exact) mass is 433 g/mol. The highest BCUT2D eigenvalue weighted by Crippen LogP contribution is 2.24. The van der Waals surface area contributed by atoms with Crippen molar-refractivity contribution in [3.05, 3.63) is 70.3 Å². The van der Waals surface area contributed by atoms with Crippen LogP contribution in [-0.2, 0) is 14.8 Å². The van der Waals surface area contributed by atoms with E-state index in [-0.39, 0.29) is 34.7 Å². The summed E-state index contributed by atoms with van der Waals surface area (Å²) in [4.78, 5) is 27.7. The number of hydrogen-bond donors (Lipinski definition) is 2. The molecule has 0 aliphatic rings. The molecule has 0 saturated heterocycles. The lowest BCUT2D eigenvalue weighted by Crippen LogP contribution is -2.31. The van der Waals surface area contributed by atoms with E-state index >= 15 is 0 Å². The normalized spacial score (nSPS) is 11.4. The topological polar surface area (TPSA) is 109 Å². The minimum absolute atomic E-state index is 0.0583. The number of aromatic nitrogens is 1. The first-order valence-corrected chi connectivity index (χ1v) is 10.4. The first-order chi connectivity index (χ1) is 14.3. The van der Waals surface area contributed by atoms with Crippen molar-refractivity contribution >= 4 is 32.5 Å². The summed E-state index contributed by atoms with van der Waals surface area (Å²) in [7, 11) is -1.21. The van der Waals surface area contributed by atoms with E-state index in [1.807, 2.05) is 0 Å². The summed E-state index contributed by atoms with van der Waals surface area (Å²) in [6.07, 6.45) is 1.28. The molecule has 3 rings (SSSR count). The number of anilines is 1. The summed E-state index contributed by atoms with van der Waals surface area (Å²) in [5.41, 5.74) is -0.0892. The number of rotatable bonds is 7. The molecule has 0 radical (unpaired) electrons. The molecule has 3 aromatic rings. The maximum Gasteiger partial charge on any atom is 0.264 e. The lowest BCUT2D eigenvalue weighted by Gasteiger charge is -2.19. The Morgan fingerprint density at radius 2 is 1.90 bits per heavy atom. The van der Waals surface area contributed by atoms with Crippen LogP contribution in [-0.4, -0.2) is 46.6 Å². The fourth-order valence-corrected chi connectivity index (χ4v) is 4.06. The third-order valence-corrected chi connectivity index (χ3v) is 6.32. The molecule has 0 bridgehead atoms. The number of amides is 1. The third-order valence-electron chi connectivity index (χ3n) is 4.54. The van der Waals surface area contributed by atoms with Crippen molar-refractivity contribution < 1.29 is 22.3 Å². The standard InChI is InChI=1S/C20H20FN3O5S/c1-24(14-5-3-13(21)4-6-14)30(27,28)15-7-8-18-16(11-15)19(25)17(12-23-18)20(26)22-9-10-29-2/h3-8,11-12H,9-10H2,1-2H3,(H,22,26)(H,23,25). The summed E-state index contributed by atoms with van der Waals surface area (Å²) >= 11 is 0. The fraction of sp³-hybridized carbons (Fsp3) is 0.200. The molecule has 1 heterocycles. The van der Waals surface area contributed by atoms with Crippen molar-refractivity contribution in [2.45, 2.75) is 4.90 Å². The van der Waals surface area contributed by atoms with Crippen LogP contribution < -0.4 is 15.1 Å². The van der Waals surface area contributed by atoms with Crippen LogP contribution in [0, 0.1) is 5.82 Å². The highest BCUT2D eigenvalue weighted by atomic mass is 32.2. The largest absolute Gasteiger partial charge is 0.383 e. The number of carbonyl (C=O) groups is 1. The van der Waals surface area contributed by atoms with E-state index in [1.165, 1.54) is 50.7 Å². The van der Waals surface area contributed by atoms with Crippen LogP contribution in [0.3, 0.4) is 0 Å². The summed E-state index contributed by atoms with van der Waals surface area (Å²) in [6.45, 7) is 0.513. The lowest BCUT2D eigenvalue weighted by atomic mass is 10.1. The predicted octanol–water partition coefficient (Wildman–Crippen LogP) is 1.87. The zero-order valence-electron chi connectivity index (χ0n) is 16.3. The van der Waals surface area contributed by atoms with Crippen LogP contribution in [0.25, 0.3) is 10.9 Å². The Kier molecular flexibility index (Phi) is 6.18. The van der Waals surface area contributed by atoms with Crippen molar-refractivity contribution in [2.24, 2.45) is 0 Å². The molecule has 0 spiro atoms. The van der Waals surface area contributed by atoms with Crippen LogP contribution >= 0.6 is 0 Å². The number of carbonyl (C=O) groups excluding carboxylic acids is 1. The first kappa shape index (κ1) is 21.5. The van der Waals surface area contributed by atoms with Crippen LogP contribution in [0.1, 0.15) is 10.4 Å². The molecule has 0 atom stereocenters. The Labute approximate surface area is 172 Å². The minimum atomic E-state index is -4.02. The Hall–Kier alpha value is -3.24. The van der Waals surface area contributed by atoms with E-state index in [2.05, 4.69) is 10.3 Å². The number of methoxy groups -OCH3 is 1. The maximum absolute atomic E-state index is 13.1. The van der Waals surface area contributed by atoms with Gasteiger partial charge in [0.05, 0.1) is 17.2 Å². The van der Waals surface area contributed by atoms with Crippen LogP contribution in [0.2, 0.25) is 0 Å². The van der Waals surface area contributed by atoms with Gasteiger partial charge in [0.25, 0.3) is 15.9 Å². The molecular weight excluding hydrogens is 413 g/mol. The molecule has 0 aliphatic carbocycles. The molecule has 0 unspecified atom stereocenters. The number of H-pyrrole nitrogens is 1. The summed E-state index contributed by atoms with van der Waals surface area (Å²) in [5, 5.41) is 2.61. The molecule has 0 saturated carbocycles. The molecule has 1 aromatic heterocycles. The number of halogens is 1. The van der Waals surface area contributed by atoms with Gasteiger partial charge >= 0.3 is 0 Å². The molecule has 2 N–H and O–H groups in total. The van der Waals surface area contributed by atoms with Crippen molar-refractivity contribution in [1.29, 1.82) is 0 Å². The quantitative estimate of drug-likeness (QED) is 0.553. The van der Waals surface area contributed by atoms with Crippen LogP contribution in [0.4, 0.5) is 10.1 Å². The van der Waals surface area contributed by atoms with Gasteiger partial charge in [0, 0.05) is 37.8 Å². The molecule has 158 valence electrons. The first-order valence-electron chi connectivity index (χ1n) is 8.93. The Morgan fingerprint density at radius 3 is 2.57 bits per heavy atom. The van der Waals surface area contributed by atoms with Crippen molar-refractivity contribution in [3.8, 4) is 0 Å². The van der Waals surface area contributed by atoms with Crippen molar-refractivity contribution in [3.63, 3.8) is 0 Å². The predicted molar refractivity (Wildman–Crippen MR) is 111 cm³/mol. The van der Waals surface area contributed by atoms with Crippen molar-refractivity contribution in [2.75, 3.05) is 31.6 Å². The number of nitrogens with one attached hydrogen (secondary N) is 2. The number of ether oxygens (including phenoxy) is 1. The zero-order chi connectivity index (χ0) is 21.9. The Balaban J connectivity index is 2.01. The van der Waals surface area contributed by atoms with Gasteiger partial charge in [-0.25, -0.2) is 12.8 Å². The van der Waals surface area contributed by atoms with Gasteiger partial charge in [-0.05, 0) is 42.5 Å². The maximum atomic E-state index is 13.1. The Bertz CT molecular complexity index is 1240. The molecule has 10 heteroatoms. The fourth-order valence-electron chi connectivity index (χ4n) is 2.84. The highest BCUT2D eigenvalue weighted by Gasteiger charge is 2.23. The SMILES string of the molecule is COCCNC(=O)c1c[nH]c2ccc(S(=O)(=O)N(C)c3ccc(F)cc3)cc2c1=O. The number of hydrogen-bond acceptors (Lipinski definition) is 5. The lowest BCUT2D eigenvalue weighted by molar-refractivity contribution is 0.0936. The van der Waals surface area contributed by atoms with Gasteiger partial charge in [-0.3, -0.25) is 13.9 Å². The van der Waals surface area contributed by atoms with Crippen molar-refractivity contribution in [1.82, 2.24) is 10.3 Å². The Morgan fingerprint density at radius 1 is 1.20 bits per heavy atom. The third kappa shape index (κ3) is 4.19. The number of fused-ring (bicyclic) bond motifs is 1. The molecule has 8 nitrogen and oxygen atoms in total. The summed E-state index contributed by atoms with van der Waals surface area (Å²) in [5.74, 6) is -1.08. The molecule has 30 heavy (non-hydrogen) atoms. The number of sulfonamides is 1. The number of nitrogens with zero attached hydrogens (tertiary/aromatic N) is 1. The van der Waals surface area contributed by atoms with E-state index in [4.69, 9.17) is 4.74 Å². The second-order valence-electron chi connectivity index (χ2n) is 6.44. The molecule has 1 amide bonds. The zero-order valence-corrected chi connectivity index (χ0v) is 17.1. The second kappa shape index (κ2) is 8.64. The average Bonchev–Trinajstić information content (AvgIpc) is 2.74. The van der Waals surface area contributed by atoms with Gasteiger partial charge in [-0.1, -0.05) is 0 Å². The van der Waals surface area contributed by atoms with Gasteiger partial charge < -0.3 is 15.0 Å².